The van der Waals surface area contributed by atoms with Crippen molar-refractivity contribution < 1.29 is 4.84 Å². The molecule has 0 aromatic carbocycles. The van der Waals surface area contributed by atoms with Crippen LogP contribution in [0.5, 0.6) is 0 Å². The molecule has 1 heterocycles. The summed E-state index contributed by atoms with van der Waals surface area (Å²) in [6, 6.07) is 0. The lowest BCUT2D eigenvalue weighted by Crippen LogP contribution is -2.36. The van der Waals surface area contributed by atoms with Crippen molar-refractivity contribution in [2.24, 2.45) is 5.41 Å². The molecule has 0 spiro atoms. The quantitative estimate of drug-likeness (QED) is 0.499. The van der Waals surface area contributed by atoms with E-state index in [1.807, 2.05) is 0 Å². The average Bonchev–Trinajstić information content (AvgIpc) is 2.08. The molecule has 2 N–H and O–H groups in total. The normalized spacial score (nSPS) is 29.0. The highest BCUT2D eigenvalue weighted by Gasteiger charge is 2.28. The monoisotopic (exact) mass is 130 g/mol. The number of hydrogen-bond donors (Lipinski definition) is 2. The van der Waals surface area contributed by atoms with Gasteiger partial charge in [-0.25, -0.2) is 0 Å². The lowest BCUT2D eigenvalue weighted by atomic mass is 9.95. The molecule has 1 saturated heterocycles. The maximum atomic E-state index is 5.16. The van der Waals surface area contributed by atoms with Crippen molar-refractivity contribution >= 4 is 0 Å². The predicted molar refractivity (Wildman–Crippen MR) is 35.5 cm³/mol. The highest BCUT2D eigenvalue weighted by atomic mass is 16.7. The van der Waals surface area contributed by atoms with Crippen LogP contribution in [-0.4, -0.2) is 12.9 Å². The predicted octanol–water partition coefficient (Wildman–Crippen LogP) is 0.441. The Hall–Kier alpha value is -0.120. The Morgan fingerprint density at radius 1 is 1.44 bits per heavy atom. The fourth-order valence-corrected chi connectivity index (χ4v) is 0.784. The SMILES string of the molecule is CC(C)(C)C1NCNO1. The van der Waals surface area contributed by atoms with Gasteiger partial charge >= 0.3 is 0 Å². The smallest absolute Gasteiger partial charge is 0.135 e. The second-order valence-electron chi connectivity index (χ2n) is 3.39. The minimum Gasteiger partial charge on any atom is -0.281 e. The Labute approximate surface area is 55.7 Å². The molecular formula is C6H14N2O. The highest BCUT2D eigenvalue weighted by Crippen LogP contribution is 2.20. The van der Waals surface area contributed by atoms with E-state index < -0.39 is 0 Å². The second kappa shape index (κ2) is 2.25. The molecule has 3 nitrogen and oxygen atoms in total. The maximum Gasteiger partial charge on any atom is 0.135 e. The molecule has 9 heavy (non-hydrogen) atoms. The Morgan fingerprint density at radius 2 is 2.11 bits per heavy atom. The van der Waals surface area contributed by atoms with Gasteiger partial charge in [-0.2, -0.15) is 5.48 Å². The molecule has 3 heteroatoms. The third kappa shape index (κ3) is 1.64. The molecule has 1 atom stereocenters. The maximum absolute atomic E-state index is 5.16. The molecule has 0 aromatic rings. The first-order chi connectivity index (χ1) is 4.11. The van der Waals surface area contributed by atoms with E-state index >= 15 is 0 Å². The van der Waals surface area contributed by atoms with Crippen molar-refractivity contribution in [3.8, 4) is 0 Å². The summed E-state index contributed by atoms with van der Waals surface area (Å²) in [5.41, 5.74) is 2.95. The molecule has 0 amide bonds. The van der Waals surface area contributed by atoms with E-state index in [-0.39, 0.29) is 11.6 Å². The van der Waals surface area contributed by atoms with Gasteiger partial charge in [-0.3, -0.25) is 10.2 Å². The zero-order valence-corrected chi connectivity index (χ0v) is 6.19. The Kier molecular flexibility index (Phi) is 1.75. The molecule has 1 aliphatic heterocycles. The second-order valence-corrected chi connectivity index (χ2v) is 3.39. The lowest BCUT2D eigenvalue weighted by molar-refractivity contribution is -0.0334. The van der Waals surface area contributed by atoms with Gasteiger partial charge in [0.15, 0.2) is 0 Å². The summed E-state index contributed by atoms with van der Waals surface area (Å²) in [5.74, 6) is 0. The van der Waals surface area contributed by atoms with Gasteiger partial charge < -0.3 is 0 Å². The van der Waals surface area contributed by atoms with Gasteiger partial charge in [0, 0.05) is 5.41 Å². The topological polar surface area (TPSA) is 33.3 Å². The molecule has 1 aliphatic rings. The van der Waals surface area contributed by atoms with Gasteiger partial charge in [0.1, 0.15) is 6.23 Å². The Bertz CT molecular complexity index is 91.7. The van der Waals surface area contributed by atoms with Gasteiger partial charge in [0.2, 0.25) is 0 Å². The molecular weight excluding hydrogens is 116 g/mol. The van der Waals surface area contributed by atoms with Crippen LogP contribution in [0.3, 0.4) is 0 Å². The third-order valence-corrected chi connectivity index (χ3v) is 1.35. The fourth-order valence-electron chi connectivity index (χ4n) is 0.784. The number of hydroxylamine groups is 1. The van der Waals surface area contributed by atoms with E-state index in [1.54, 1.807) is 0 Å². The fraction of sp³-hybridized carbons (Fsp3) is 1.00. The van der Waals surface area contributed by atoms with Crippen LogP contribution in [0.1, 0.15) is 20.8 Å². The van der Waals surface area contributed by atoms with Crippen molar-refractivity contribution in [1.29, 1.82) is 0 Å². The summed E-state index contributed by atoms with van der Waals surface area (Å²) >= 11 is 0. The lowest BCUT2D eigenvalue weighted by Gasteiger charge is -2.24. The largest absolute Gasteiger partial charge is 0.281 e. The number of rotatable bonds is 0. The summed E-state index contributed by atoms with van der Waals surface area (Å²) in [5, 5.41) is 3.16. The van der Waals surface area contributed by atoms with Crippen molar-refractivity contribution in [1.82, 2.24) is 10.8 Å². The van der Waals surface area contributed by atoms with Crippen LogP contribution in [0.25, 0.3) is 0 Å². The van der Waals surface area contributed by atoms with Crippen molar-refractivity contribution in [3.63, 3.8) is 0 Å². The minimum atomic E-state index is 0.150. The van der Waals surface area contributed by atoms with Crippen LogP contribution in [0.15, 0.2) is 0 Å². The van der Waals surface area contributed by atoms with E-state index in [1.165, 1.54) is 0 Å². The van der Waals surface area contributed by atoms with Crippen LogP contribution in [0, 0.1) is 5.41 Å². The molecule has 0 saturated carbocycles. The van der Waals surface area contributed by atoms with Crippen LogP contribution >= 0.6 is 0 Å². The molecule has 0 aliphatic carbocycles. The number of hydrogen-bond acceptors (Lipinski definition) is 3. The summed E-state index contributed by atoms with van der Waals surface area (Å²) in [7, 11) is 0. The minimum absolute atomic E-state index is 0.150. The standard InChI is InChI=1S/C6H14N2O/c1-6(2,3)5-7-4-8-9-5/h5,7-8H,4H2,1-3H3. The van der Waals surface area contributed by atoms with Gasteiger partial charge in [-0.05, 0) is 0 Å². The molecule has 0 bridgehead atoms. The average molecular weight is 130 g/mol. The zero-order chi connectivity index (χ0) is 6.91. The number of nitrogens with one attached hydrogen (secondary N) is 2. The Morgan fingerprint density at radius 3 is 2.33 bits per heavy atom. The van der Waals surface area contributed by atoms with Crippen molar-refractivity contribution in [2.45, 2.75) is 27.0 Å². The summed E-state index contributed by atoms with van der Waals surface area (Å²) in [4.78, 5) is 5.16. The zero-order valence-electron chi connectivity index (χ0n) is 6.19. The molecule has 0 aromatic heterocycles. The first kappa shape index (κ1) is 6.99. The van der Waals surface area contributed by atoms with Gasteiger partial charge in [0.05, 0.1) is 6.67 Å². The van der Waals surface area contributed by atoms with E-state index in [2.05, 4.69) is 31.6 Å². The molecule has 1 fully saturated rings. The highest BCUT2D eigenvalue weighted by molar-refractivity contribution is 4.73. The first-order valence-corrected chi connectivity index (χ1v) is 3.22. The molecule has 54 valence electrons. The van der Waals surface area contributed by atoms with E-state index in [0.717, 1.165) is 6.67 Å². The third-order valence-electron chi connectivity index (χ3n) is 1.35. The van der Waals surface area contributed by atoms with Gasteiger partial charge in [-0.1, -0.05) is 20.8 Å². The molecule has 0 radical (unpaired) electrons. The van der Waals surface area contributed by atoms with E-state index in [9.17, 15) is 0 Å². The molecule has 1 rings (SSSR count). The summed E-state index contributed by atoms with van der Waals surface area (Å²) < 4.78 is 0. The van der Waals surface area contributed by atoms with E-state index in [4.69, 9.17) is 4.84 Å². The van der Waals surface area contributed by atoms with Gasteiger partial charge in [0.25, 0.3) is 0 Å². The summed E-state index contributed by atoms with van der Waals surface area (Å²) in [6.45, 7) is 7.16. The van der Waals surface area contributed by atoms with Crippen LogP contribution in [-0.2, 0) is 4.84 Å². The van der Waals surface area contributed by atoms with Gasteiger partial charge in [-0.15, -0.1) is 0 Å². The Balaban J connectivity index is 2.42. The molecule has 1 unspecified atom stereocenters. The first-order valence-electron chi connectivity index (χ1n) is 3.22. The van der Waals surface area contributed by atoms with Crippen molar-refractivity contribution in [3.05, 3.63) is 0 Å². The van der Waals surface area contributed by atoms with Crippen molar-refractivity contribution in [2.75, 3.05) is 6.67 Å². The summed E-state index contributed by atoms with van der Waals surface area (Å²) in [6.07, 6.45) is 0.150. The van der Waals surface area contributed by atoms with Crippen LogP contribution < -0.4 is 10.8 Å². The van der Waals surface area contributed by atoms with E-state index in [0.29, 0.717) is 0 Å². The van der Waals surface area contributed by atoms with Crippen LogP contribution in [0.2, 0.25) is 0 Å². The van der Waals surface area contributed by atoms with Crippen LogP contribution in [0.4, 0.5) is 0 Å².